The smallest absolute Gasteiger partial charge is 0.0902 e. The third kappa shape index (κ3) is 5.09. The second-order valence-corrected chi connectivity index (χ2v) is 2.25. The normalized spacial score (nSPS) is 12.1. The molecule has 0 N–H and O–H groups in total. The van der Waals surface area contributed by atoms with Gasteiger partial charge in [0.25, 0.3) is 0 Å². The van der Waals surface area contributed by atoms with E-state index in [1.54, 1.807) is 12.4 Å². The Hall–Kier alpha value is -1.05. The molecule has 0 fully saturated rings. The first-order valence-corrected chi connectivity index (χ1v) is 3.16. The zero-order chi connectivity index (χ0) is 7.98. The molecule has 0 aliphatic rings. The summed E-state index contributed by atoms with van der Waals surface area (Å²) in [7, 11) is 3.87. The lowest BCUT2D eigenvalue weighted by Gasteiger charge is -2.01. The Labute approximate surface area is 62.6 Å². The molecule has 2 nitrogen and oxygen atoms in total. The van der Waals surface area contributed by atoms with Crippen molar-refractivity contribution in [3.8, 4) is 0 Å². The van der Waals surface area contributed by atoms with Crippen LogP contribution in [-0.2, 0) is 0 Å². The maximum atomic E-state index is 4.10. The van der Waals surface area contributed by atoms with Gasteiger partial charge in [0, 0.05) is 19.8 Å². The van der Waals surface area contributed by atoms with Gasteiger partial charge < -0.3 is 4.90 Å². The monoisotopic (exact) mass is 138 g/mol. The molecule has 0 aliphatic heterocycles. The van der Waals surface area contributed by atoms with E-state index in [0.29, 0.717) is 0 Å². The first kappa shape index (κ1) is 8.95. The third-order valence-corrected chi connectivity index (χ3v) is 0.851. The minimum Gasteiger partial charge on any atom is -0.369 e. The van der Waals surface area contributed by atoms with E-state index < -0.39 is 0 Å². The van der Waals surface area contributed by atoms with Crippen molar-refractivity contribution in [3.63, 3.8) is 0 Å². The lowest BCUT2D eigenvalue weighted by Crippen LogP contribution is -2.07. The van der Waals surface area contributed by atoms with Crippen LogP contribution in [0.2, 0.25) is 0 Å². The number of allylic oxidation sites excluding steroid dienone is 3. The van der Waals surface area contributed by atoms with E-state index in [-0.39, 0.29) is 0 Å². The van der Waals surface area contributed by atoms with E-state index in [4.69, 9.17) is 0 Å². The van der Waals surface area contributed by atoms with Crippen LogP contribution in [0.1, 0.15) is 6.92 Å². The van der Waals surface area contributed by atoms with Gasteiger partial charge in [0.15, 0.2) is 0 Å². The van der Waals surface area contributed by atoms with Crippen LogP contribution in [0.5, 0.6) is 0 Å². The van der Waals surface area contributed by atoms with Gasteiger partial charge in [-0.25, -0.2) is 4.99 Å². The second-order valence-electron chi connectivity index (χ2n) is 2.25. The van der Waals surface area contributed by atoms with E-state index in [1.165, 1.54) is 0 Å². The van der Waals surface area contributed by atoms with Gasteiger partial charge >= 0.3 is 0 Å². The Kier molecular flexibility index (Phi) is 4.29. The summed E-state index contributed by atoms with van der Waals surface area (Å²) in [5.74, 6) is 0. The Bertz CT molecular complexity index is 155. The van der Waals surface area contributed by atoms with E-state index in [0.717, 1.165) is 5.70 Å². The number of aliphatic imine (C=N–C) groups is 1. The van der Waals surface area contributed by atoms with Crippen LogP contribution in [0, 0.1) is 0 Å². The van der Waals surface area contributed by atoms with Crippen molar-refractivity contribution in [3.05, 3.63) is 24.4 Å². The van der Waals surface area contributed by atoms with Gasteiger partial charge in [0.1, 0.15) is 0 Å². The van der Waals surface area contributed by atoms with Gasteiger partial charge in [0.05, 0.1) is 6.34 Å². The molecular weight excluding hydrogens is 124 g/mol. The first-order valence-electron chi connectivity index (χ1n) is 3.16. The molecule has 0 spiro atoms. The minimum absolute atomic E-state index is 0.962. The molecule has 2 heteroatoms. The molecule has 0 radical (unpaired) electrons. The average molecular weight is 138 g/mol. The first-order chi connectivity index (χ1) is 4.66. The van der Waals surface area contributed by atoms with Crippen LogP contribution >= 0.6 is 0 Å². The van der Waals surface area contributed by atoms with Crippen LogP contribution in [0.15, 0.2) is 29.4 Å². The Morgan fingerprint density at radius 3 is 2.50 bits per heavy atom. The van der Waals surface area contributed by atoms with Crippen molar-refractivity contribution in [2.75, 3.05) is 14.1 Å². The fourth-order valence-electron chi connectivity index (χ4n) is 0.420. The van der Waals surface area contributed by atoms with Crippen LogP contribution in [-0.4, -0.2) is 25.3 Å². The van der Waals surface area contributed by atoms with E-state index in [9.17, 15) is 0 Å². The van der Waals surface area contributed by atoms with Crippen molar-refractivity contribution in [2.24, 2.45) is 4.99 Å². The molecule has 0 aromatic carbocycles. The average Bonchev–Trinajstić information content (AvgIpc) is 1.85. The summed E-state index contributed by atoms with van der Waals surface area (Å²) in [5, 5.41) is 0. The number of hydrogen-bond donors (Lipinski definition) is 0. The van der Waals surface area contributed by atoms with Crippen molar-refractivity contribution in [2.45, 2.75) is 6.92 Å². The molecular formula is C8H14N2. The summed E-state index contributed by atoms with van der Waals surface area (Å²) in [6.07, 6.45) is 5.34. The van der Waals surface area contributed by atoms with Crippen LogP contribution in [0.25, 0.3) is 0 Å². The van der Waals surface area contributed by atoms with Gasteiger partial charge in [-0.2, -0.15) is 0 Å². The van der Waals surface area contributed by atoms with Crippen LogP contribution < -0.4 is 0 Å². The van der Waals surface area contributed by atoms with Gasteiger partial charge in [-0.05, 0) is 13.0 Å². The molecule has 0 saturated carbocycles. The molecule has 0 heterocycles. The summed E-state index contributed by atoms with van der Waals surface area (Å²) < 4.78 is 0. The van der Waals surface area contributed by atoms with Gasteiger partial charge in [-0.1, -0.05) is 12.7 Å². The maximum absolute atomic E-state index is 4.10. The molecule has 0 aromatic rings. The van der Waals surface area contributed by atoms with E-state index >= 15 is 0 Å². The minimum atomic E-state index is 0.962. The molecule has 0 amide bonds. The standard InChI is InChI=1S/C8H14N2/c1-5-6-8(2)9-7-10(3)4/h5-7H,1H2,2-4H3/b8-6-,9-7+. The summed E-state index contributed by atoms with van der Waals surface area (Å²) in [6.45, 7) is 5.50. The quantitative estimate of drug-likeness (QED) is 0.329. The summed E-state index contributed by atoms with van der Waals surface area (Å²) in [4.78, 5) is 5.99. The van der Waals surface area contributed by atoms with Crippen molar-refractivity contribution in [1.82, 2.24) is 4.90 Å². The summed E-state index contributed by atoms with van der Waals surface area (Å²) in [5.41, 5.74) is 0.962. The Morgan fingerprint density at radius 2 is 2.10 bits per heavy atom. The fourth-order valence-corrected chi connectivity index (χ4v) is 0.420. The van der Waals surface area contributed by atoms with E-state index in [1.807, 2.05) is 32.0 Å². The molecule has 10 heavy (non-hydrogen) atoms. The van der Waals surface area contributed by atoms with Gasteiger partial charge in [0.2, 0.25) is 0 Å². The van der Waals surface area contributed by atoms with Crippen LogP contribution in [0.3, 0.4) is 0 Å². The second kappa shape index (κ2) is 4.79. The molecule has 56 valence electrons. The highest BCUT2D eigenvalue weighted by Gasteiger charge is 1.78. The number of rotatable bonds is 3. The lowest BCUT2D eigenvalue weighted by atomic mass is 10.4. The molecule has 0 bridgehead atoms. The predicted molar refractivity (Wildman–Crippen MR) is 46.1 cm³/mol. The van der Waals surface area contributed by atoms with Crippen molar-refractivity contribution >= 4 is 6.34 Å². The van der Waals surface area contributed by atoms with Gasteiger partial charge in [-0.15, -0.1) is 0 Å². The number of nitrogens with zero attached hydrogens (tertiary/aromatic N) is 2. The molecule has 0 aliphatic carbocycles. The predicted octanol–water partition coefficient (Wildman–Crippen LogP) is 1.67. The van der Waals surface area contributed by atoms with Crippen LogP contribution in [0.4, 0.5) is 0 Å². The summed E-state index contributed by atoms with van der Waals surface area (Å²) >= 11 is 0. The highest BCUT2D eigenvalue weighted by Crippen LogP contribution is 1.92. The molecule has 0 saturated heterocycles. The van der Waals surface area contributed by atoms with E-state index in [2.05, 4.69) is 11.6 Å². The number of hydrogen-bond acceptors (Lipinski definition) is 1. The maximum Gasteiger partial charge on any atom is 0.0902 e. The lowest BCUT2D eigenvalue weighted by molar-refractivity contribution is 0.642. The zero-order valence-corrected chi connectivity index (χ0v) is 6.83. The Morgan fingerprint density at radius 1 is 1.50 bits per heavy atom. The van der Waals surface area contributed by atoms with Crippen molar-refractivity contribution < 1.29 is 0 Å². The topological polar surface area (TPSA) is 15.6 Å². The largest absolute Gasteiger partial charge is 0.369 e. The molecule has 0 rings (SSSR count). The molecule has 0 unspecified atom stereocenters. The highest BCUT2D eigenvalue weighted by molar-refractivity contribution is 5.55. The van der Waals surface area contributed by atoms with Crippen molar-refractivity contribution in [1.29, 1.82) is 0 Å². The Balaban J connectivity index is 3.88. The fraction of sp³-hybridized carbons (Fsp3) is 0.375. The summed E-state index contributed by atoms with van der Waals surface area (Å²) in [6, 6.07) is 0. The SMILES string of the molecule is C=C/C=C(C)\N=C\N(C)C. The van der Waals surface area contributed by atoms with Gasteiger partial charge in [-0.3, -0.25) is 0 Å². The molecule has 0 atom stereocenters. The third-order valence-electron chi connectivity index (χ3n) is 0.851. The zero-order valence-electron chi connectivity index (χ0n) is 6.83. The molecule has 0 aromatic heterocycles. The highest BCUT2D eigenvalue weighted by atomic mass is 15.1.